The number of fused-ring (bicyclic) bond motifs is 3. The fraction of sp³-hybridized carbons (Fsp3) is 0.167. The highest BCUT2D eigenvalue weighted by atomic mass is 19.1. The SMILES string of the molecule is CCc1nn(CC(=O)Nc2ccncn2)c(=O)c2cc3cc(F)ccc3n12. The van der Waals surface area contributed by atoms with Gasteiger partial charge in [0.05, 0.1) is 5.52 Å². The number of nitrogens with one attached hydrogen (secondary N) is 1. The molecule has 1 N–H and O–H groups in total. The fourth-order valence-corrected chi connectivity index (χ4v) is 3.00. The van der Waals surface area contributed by atoms with E-state index in [-0.39, 0.29) is 12.4 Å². The average molecular weight is 366 g/mol. The Bertz CT molecular complexity index is 1220. The van der Waals surface area contributed by atoms with Crippen molar-refractivity contribution in [1.82, 2.24) is 24.1 Å². The molecule has 0 atom stereocenters. The molecular weight excluding hydrogens is 351 g/mol. The van der Waals surface area contributed by atoms with E-state index < -0.39 is 11.5 Å². The van der Waals surface area contributed by atoms with E-state index in [1.807, 2.05) is 6.92 Å². The number of amides is 1. The Labute approximate surface area is 152 Å². The maximum atomic E-state index is 13.5. The van der Waals surface area contributed by atoms with Crippen LogP contribution in [0, 0.1) is 5.82 Å². The Balaban J connectivity index is 1.77. The summed E-state index contributed by atoms with van der Waals surface area (Å²) in [5.41, 5.74) is 0.615. The first-order chi connectivity index (χ1) is 13.1. The maximum absolute atomic E-state index is 13.5. The molecule has 0 aliphatic rings. The van der Waals surface area contributed by atoms with Crippen molar-refractivity contribution in [2.24, 2.45) is 0 Å². The van der Waals surface area contributed by atoms with Gasteiger partial charge in [0.15, 0.2) is 0 Å². The summed E-state index contributed by atoms with van der Waals surface area (Å²) in [6.45, 7) is 1.63. The number of hydrogen-bond acceptors (Lipinski definition) is 5. The second kappa shape index (κ2) is 6.60. The number of aryl methyl sites for hydroxylation is 1. The molecule has 0 radical (unpaired) electrons. The van der Waals surface area contributed by atoms with Gasteiger partial charge in [-0.2, -0.15) is 5.10 Å². The third-order valence-electron chi connectivity index (χ3n) is 4.17. The lowest BCUT2D eigenvalue weighted by Gasteiger charge is -2.10. The van der Waals surface area contributed by atoms with E-state index >= 15 is 0 Å². The van der Waals surface area contributed by atoms with Gasteiger partial charge in [-0.15, -0.1) is 0 Å². The van der Waals surface area contributed by atoms with E-state index in [1.54, 1.807) is 22.6 Å². The van der Waals surface area contributed by atoms with Gasteiger partial charge < -0.3 is 5.32 Å². The van der Waals surface area contributed by atoms with Crippen LogP contribution in [-0.2, 0) is 17.8 Å². The van der Waals surface area contributed by atoms with Gasteiger partial charge in [-0.25, -0.2) is 19.0 Å². The summed E-state index contributed by atoms with van der Waals surface area (Å²) in [5.74, 6) is 0.121. The summed E-state index contributed by atoms with van der Waals surface area (Å²) >= 11 is 0. The molecule has 136 valence electrons. The molecule has 0 bridgehead atoms. The second-order valence-electron chi connectivity index (χ2n) is 5.94. The number of nitrogens with zero attached hydrogens (tertiary/aromatic N) is 5. The first kappa shape index (κ1) is 16.8. The van der Waals surface area contributed by atoms with E-state index in [2.05, 4.69) is 20.4 Å². The summed E-state index contributed by atoms with van der Waals surface area (Å²) in [6, 6.07) is 7.48. The highest BCUT2D eigenvalue weighted by Crippen LogP contribution is 2.20. The molecule has 1 aromatic carbocycles. The zero-order valence-corrected chi connectivity index (χ0v) is 14.4. The lowest BCUT2D eigenvalue weighted by Crippen LogP contribution is -2.32. The summed E-state index contributed by atoms with van der Waals surface area (Å²) in [4.78, 5) is 32.8. The van der Waals surface area contributed by atoms with Crippen molar-refractivity contribution < 1.29 is 9.18 Å². The first-order valence-corrected chi connectivity index (χ1v) is 8.33. The van der Waals surface area contributed by atoms with Crippen molar-refractivity contribution >= 4 is 28.1 Å². The van der Waals surface area contributed by atoms with Crippen LogP contribution >= 0.6 is 0 Å². The van der Waals surface area contributed by atoms with Crippen molar-refractivity contribution in [3.8, 4) is 0 Å². The summed E-state index contributed by atoms with van der Waals surface area (Å²) in [7, 11) is 0. The largest absolute Gasteiger partial charge is 0.309 e. The predicted molar refractivity (Wildman–Crippen MR) is 97.0 cm³/mol. The van der Waals surface area contributed by atoms with Crippen LogP contribution in [0.1, 0.15) is 12.7 Å². The molecule has 27 heavy (non-hydrogen) atoms. The van der Waals surface area contributed by atoms with E-state index in [0.29, 0.717) is 34.5 Å². The Kier molecular flexibility index (Phi) is 4.11. The molecule has 8 nitrogen and oxygen atoms in total. The summed E-state index contributed by atoms with van der Waals surface area (Å²) < 4.78 is 16.4. The summed E-state index contributed by atoms with van der Waals surface area (Å²) in [5, 5.41) is 7.52. The van der Waals surface area contributed by atoms with E-state index in [4.69, 9.17) is 0 Å². The average Bonchev–Trinajstić information content (AvgIpc) is 3.03. The first-order valence-electron chi connectivity index (χ1n) is 8.33. The van der Waals surface area contributed by atoms with Gasteiger partial charge in [0, 0.05) is 18.0 Å². The highest BCUT2D eigenvalue weighted by molar-refractivity contribution is 5.90. The standard InChI is InChI=1S/C18H15FN6O2/c1-2-16-23-24(9-17(26)22-15-5-6-20-10-21-15)18(27)14-8-11-7-12(19)3-4-13(11)25(14)16/h3-8,10H,2,9H2,1H3,(H,20,21,22,26). The zero-order chi connectivity index (χ0) is 19.0. The predicted octanol–water partition coefficient (Wildman–Crippen LogP) is 1.78. The van der Waals surface area contributed by atoms with Crippen LogP contribution in [0.2, 0.25) is 0 Å². The van der Waals surface area contributed by atoms with Crippen LogP contribution in [0.5, 0.6) is 0 Å². The number of halogens is 1. The highest BCUT2D eigenvalue weighted by Gasteiger charge is 2.16. The molecule has 3 aromatic heterocycles. The number of carbonyl (C=O) groups excluding carboxylic acids is 1. The van der Waals surface area contributed by atoms with Crippen molar-refractivity contribution in [2.75, 3.05) is 5.32 Å². The minimum Gasteiger partial charge on any atom is -0.309 e. The third-order valence-corrected chi connectivity index (χ3v) is 4.17. The quantitative estimate of drug-likeness (QED) is 0.594. The minimum atomic E-state index is -0.433. The number of benzene rings is 1. The van der Waals surface area contributed by atoms with Gasteiger partial charge in [-0.3, -0.25) is 14.0 Å². The van der Waals surface area contributed by atoms with E-state index in [9.17, 15) is 14.0 Å². The van der Waals surface area contributed by atoms with Gasteiger partial charge in [-0.1, -0.05) is 6.92 Å². The van der Waals surface area contributed by atoms with Gasteiger partial charge in [-0.05, 0) is 30.3 Å². The molecule has 0 saturated carbocycles. The van der Waals surface area contributed by atoms with Crippen molar-refractivity contribution in [1.29, 1.82) is 0 Å². The fourth-order valence-electron chi connectivity index (χ4n) is 3.00. The number of rotatable bonds is 4. The Morgan fingerprint density at radius 2 is 2.07 bits per heavy atom. The molecule has 0 saturated heterocycles. The monoisotopic (exact) mass is 366 g/mol. The van der Waals surface area contributed by atoms with Crippen LogP contribution < -0.4 is 10.9 Å². The number of hydrogen-bond donors (Lipinski definition) is 1. The minimum absolute atomic E-state index is 0.262. The second-order valence-corrected chi connectivity index (χ2v) is 5.94. The molecule has 3 heterocycles. The van der Waals surface area contributed by atoms with Crippen LogP contribution in [0.3, 0.4) is 0 Å². The molecule has 4 aromatic rings. The Hall–Kier alpha value is -3.62. The molecule has 0 fully saturated rings. The van der Waals surface area contributed by atoms with Crippen molar-refractivity contribution in [2.45, 2.75) is 19.9 Å². The third kappa shape index (κ3) is 3.03. The maximum Gasteiger partial charge on any atom is 0.291 e. The molecule has 0 aliphatic carbocycles. The van der Waals surface area contributed by atoms with Crippen LogP contribution in [0.15, 0.2) is 47.7 Å². The normalized spacial score (nSPS) is 11.2. The lowest BCUT2D eigenvalue weighted by atomic mass is 10.2. The molecule has 0 aliphatic heterocycles. The zero-order valence-electron chi connectivity index (χ0n) is 14.4. The van der Waals surface area contributed by atoms with E-state index in [1.165, 1.54) is 24.7 Å². The van der Waals surface area contributed by atoms with Gasteiger partial charge in [0.25, 0.3) is 5.56 Å². The van der Waals surface area contributed by atoms with Gasteiger partial charge in [0.2, 0.25) is 5.91 Å². The number of carbonyl (C=O) groups is 1. The Morgan fingerprint density at radius 3 is 2.81 bits per heavy atom. The number of anilines is 1. The summed E-state index contributed by atoms with van der Waals surface area (Å²) in [6.07, 6.45) is 3.34. The van der Waals surface area contributed by atoms with Crippen LogP contribution in [0.25, 0.3) is 16.4 Å². The van der Waals surface area contributed by atoms with Gasteiger partial charge in [0.1, 0.15) is 35.8 Å². The molecular formula is C18H15FN6O2. The van der Waals surface area contributed by atoms with Crippen LogP contribution in [0.4, 0.5) is 10.2 Å². The topological polar surface area (TPSA) is 94.2 Å². The molecule has 4 rings (SSSR count). The molecule has 9 heteroatoms. The van der Waals surface area contributed by atoms with Crippen molar-refractivity contribution in [3.05, 3.63) is 64.9 Å². The van der Waals surface area contributed by atoms with Crippen molar-refractivity contribution in [3.63, 3.8) is 0 Å². The smallest absolute Gasteiger partial charge is 0.291 e. The van der Waals surface area contributed by atoms with Gasteiger partial charge >= 0.3 is 0 Å². The van der Waals surface area contributed by atoms with E-state index in [0.717, 1.165) is 4.68 Å². The molecule has 1 amide bonds. The molecule has 0 unspecified atom stereocenters. The number of aromatic nitrogens is 5. The molecule has 0 spiro atoms. The van der Waals surface area contributed by atoms with Crippen LogP contribution in [-0.4, -0.2) is 30.1 Å². The lowest BCUT2D eigenvalue weighted by molar-refractivity contribution is -0.117. The Morgan fingerprint density at radius 1 is 1.22 bits per heavy atom.